The lowest BCUT2D eigenvalue weighted by molar-refractivity contribution is 0.242. The van der Waals surface area contributed by atoms with Crippen molar-refractivity contribution in [2.24, 2.45) is 0 Å². The highest BCUT2D eigenvalue weighted by atomic mass is 35.5. The third-order valence-corrected chi connectivity index (χ3v) is 5.38. The highest BCUT2D eigenvalue weighted by Gasteiger charge is 2.22. The summed E-state index contributed by atoms with van der Waals surface area (Å²) in [7, 11) is 0. The van der Waals surface area contributed by atoms with E-state index < -0.39 is 0 Å². The summed E-state index contributed by atoms with van der Waals surface area (Å²) in [5, 5.41) is 0.699. The number of halogens is 1. The van der Waals surface area contributed by atoms with Gasteiger partial charge >= 0.3 is 0 Å². The fourth-order valence-electron chi connectivity index (χ4n) is 3.88. The Morgan fingerprint density at radius 2 is 2.00 bits per heavy atom. The second-order valence-corrected chi connectivity index (χ2v) is 7.44. The number of nitrogens with zero attached hydrogens (tertiary/aromatic N) is 4. The van der Waals surface area contributed by atoms with Crippen molar-refractivity contribution >= 4 is 11.6 Å². The first-order valence-electron chi connectivity index (χ1n) is 8.94. The minimum atomic E-state index is 0.583. The quantitative estimate of drug-likeness (QED) is 0.841. The Kier molecular flexibility index (Phi) is 4.76. The monoisotopic (exact) mass is 342 g/mol. The van der Waals surface area contributed by atoms with Crippen LogP contribution in [0.4, 0.5) is 0 Å². The van der Waals surface area contributed by atoms with Gasteiger partial charge in [-0.05, 0) is 24.5 Å². The molecule has 2 aliphatic rings. The van der Waals surface area contributed by atoms with Crippen LogP contribution in [-0.4, -0.2) is 26.4 Å². The van der Waals surface area contributed by atoms with Gasteiger partial charge in [0.2, 0.25) is 0 Å². The van der Waals surface area contributed by atoms with Crippen LogP contribution in [0.1, 0.15) is 60.7 Å². The molecule has 1 saturated carbocycles. The van der Waals surface area contributed by atoms with Crippen molar-refractivity contribution in [2.45, 2.75) is 57.5 Å². The van der Waals surface area contributed by atoms with Crippen molar-refractivity contribution in [3.63, 3.8) is 0 Å². The minimum Gasteiger partial charge on any atom is -0.294 e. The molecule has 0 bridgehead atoms. The van der Waals surface area contributed by atoms with Crippen LogP contribution in [0, 0.1) is 0 Å². The fraction of sp³-hybridized carbons (Fsp3) is 0.526. The molecule has 4 nitrogen and oxygen atoms in total. The first-order valence-corrected chi connectivity index (χ1v) is 9.32. The van der Waals surface area contributed by atoms with E-state index in [-0.39, 0.29) is 0 Å². The molecule has 0 N–H and O–H groups in total. The topological polar surface area (TPSA) is 41.9 Å². The highest BCUT2D eigenvalue weighted by Crippen LogP contribution is 2.31. The SMILES string of the molecule is Clc1cncc(CN2CCc3nc(C4CCCCC4)ncc3C2)c1. The van der Waals surface area contributed by atoms with Crippen LogP contribution >= 0.6 is 11.6 Å². The average molecular weight is 343 g/mol. The zero-order chi connectivity index (χ0) is 16.4. The van der Waals surface area contributed by atoms with Crippen LogP contribution in [0.2, 0.25) is 5.02 Å². The van der Waals surface area contributed by atoms with Crippen LogP contribution in [0.15, 0.2) is 24.7 Å². The van der Waals surface area contributed by atoms with E-state index in [1.807, 2.05) is 12.3 Å². The van der Waals surface area contributed by atoms with Crippen molar-refractivity contribution < 1.29 is 0 Å². The van der Waals surface area contributed by atoms with Gasteiger partial charge in [-0.2, -0.15) is 0 Å². The standard InChI is InChI=1S/C19H23ClN4/c20-17-8-14(9-21-11-17)12-24-7-6-18-16(13-24)10-22-19(23-18)15-4-2-1-3-5-15/h8-11,15H,1-7,12-13H2. The van der Waals surface area contributed by atoms with Crippen LogP contribution in [0.5, 0.6) is 0 Å². The summed E-state index contributed by atoms with van der Waals surface area (Å²) in [5.41, 5.74) is 3.69. The van der Waals surface area contributed by atoms with E-state index in [0.29, 0.717) is 10.9 Å². The summed E-state index contributed by atoms with van der Waals surface area (Å²) in [6, 6.07) is 1.99. The third kappa shape index (κ3) is 3.60. The molecule has 2 aromatic rings. The molecule has 3 heterocycles. The Bertz CT molecular complexity index is 712. The molecule has 1 aliphatic heterocycles. The van der Waals surface area contributed by atoms with Gasteiger partial charge in [-0.3, -0.25) is 9.88 Å². The lowest BCUT2D eigenvalue weighted by Crippen LogP contribution is -2.31. The summed E-state index contributed by atoms with van der Waals surface area (Å²) < 4.78 is 0. The largest absolute Gasteiger partial charge is 0.294 e. The molecular weight excluding hydrogens is 320 g/mol. The van der Waals surface area contributed by atoms with Gasteiger partial charge in [-0.1, -0.05) is 30.9 Å². The number of hydrogen-bond donors (Lipinski definition) is 0. The number of rotatable bonds is 3. The van der Waals surface area contributed by atoms with E-state index in [1.54, 1.807) is 6.20 Å². The summed E-state index contributed by atoms with van der Waals surface area (Å²) in [5.74, 6) is 1.67. The molecule has 0 saturated heterocycles. The predicted molar refractivity (Wildman–Crippen MR) is 94.9 cm³/mol. The molecule has 0 radical (unpaired) electrons. The molecule has 2 aromatic heterocycles. The molecule has 0 atom stereocenters. The van der Waals surface area contributed by atoms with Crippen LogP contribution in [0.25, 0.3) is 0 Å². The zero-order valence-electron chi connectivity index (χ0n) is 13.9. The number of pyridine rings is 1. The van der Waals surface area contributed by atoms with Crippen LogP contribution in [0.3, 0.4) is 0 Å². The highest BCUT2D eigenvalue weighted by molar-refractivity contribution is 6.30. The smallest absolute Gasteiger partial charge is 0.131 e. The second kappa shape index (κ2) is 7.16. The normalized spacial score (nSPS) is 19.2. The van der Waals surface area contributed by atoms with Gasteiger partial charge in [0.05, 0.1) is 5.02 Å². The maximum atomic E-state index is 6.03. The molecule has 0 amide bonds. The van der Waals surface area contributed by atoms with Crippen molar-refractivity contribution in [1.29, 1.82) is 0 Å². The maximum Gasteiger partial charge on any atom is 0.131 e. The van der Waals surface area contributed by atoms with Gasteiger partial charge in [0.25, 0.3) is 0 Å². The van der Waals surface area contributed by atoms with E-state index in [0.717, 1.165) is 37.4 Å². The summed E-state index contributed by atoms with van der Waals surface area (Å²) in [4.78, 5) is 16.2. The lowest BCUT2D eigenvalue weighted by atomic mass is 9.88. The molecule has 5 heteroatoms. The van der Waals surface area contributed by atoms with Gasteiger partial charge in [-0.25, -0.2) is 9.97 Å². The predicted octanol–water partition coefficient (Wildman–Crippen LogP) is 4.13. The number of hydrogen-bond acceptors (Lipinski definition) is 4. The Morgan fingerprint density at radius 3 is 2.83 bits per heavy atom. The van der Waals surface area contributed by atoms with Gasteiger partial charge in [0.1, 0.15) is 5.82 Å². The molecule has 1 fully saturated rings. The Hall–Kier alpha value is -1.52. The van der Waals surface area contributed by atoms with E-state index in [1.165, 1.54) is 43.4 Å². The number of aromatic nitrogens is 3. The zero-order valence-corrected chi connectivity index (χ0v) is 14.7. The van der Waals surface area contributed by atoms with Crippen LogP contribution < -0.4 is 0 Å². The van der Waals surface area contributed by atoms with E-state index >= 15 is 0 Å². The van der Waals surface area contributed by atoms with E-state index in [9.17, 15) is 0 Å². The van der Waals surface area contributed by atoms with Crippen molar-refractivity contribution in [3.8, 4) is 0 Å². The van der Waals surface area contributed by atoms with E-state index in [4.69, 9.17) is 21.6 Å². The number of fused-ring (bicyclic) bond motifs is 1. The van der Waals surface area contributed by atoms with Gasteiger partial charge in [0, 0.05) is 61.8 Å². The van der Waals surface area contributed by atoms with Crippen molar-refractivity contribution in [3.05, 3.63) is 52.3 Å². The molecule has 4 rings (SSSR count). The summed E-state index contributed by atoms with van der Waals surface area (Å²) in [6.45, 7) is 2.81. The van der Waals surface area contributed by atoms with Crippen LogP contribution in [-0.2, 0) is 19.5 Å². The minimum absolute atomic E-state index is 0.583. The second-order valence-electron chi connectivity index (χ2n) is 7.01. The van der Waals surface area contributed by atoms with Crippen molar-refractivity contribution in [1.82, 2.24) is 19.9 Å². The lowest BCUT2D eigenvalue weighted by Gasteiger charge is -2.29. The molecular formula is C19H23ClN4. The summed E-state index contributed by atoms with van der Waals surface area (Å²) >= 11 is 6.03. The summed E-state index contributed by atoms with van der Waals surface area (Å²) in [6.07, 6.45) is 13.2. The van der Waals surface area contributed by atoms with Gasteiger partial charge in [0.15, 0.2) is 0 Å². The molecule has 1 aliphatic carbocycles. The molecule has 0 aromatic carbocycles. The first kappa shape index (κ1) is 16.0. The Labute approximate surface area is 148 Å². The Balaban J connectivity index is 1.45. The molecule has 0 spiro atoms. The fourth-order valence-corrected chi connectivity index (χ4v) is 4.08. The maximum absolute atomic E-state index is 6.03. The van der Waals surface area contributed by atoms with Gasteiger partial charge < -0.3 is 0 Å². The third-order valence-electron chi connectivity index (χ3n) is 5.17. The van der Waals surface area contributed by atoms with Gasteiger partial charge in [-0.15, -0.1) is 0 Å². The first-order chi connectivity index (χ1) is 11.8. The molecule has 24 heavy (non-hydrogen) atoms. The Morgan fingerprint density at radius 1 is 1.12 bits per heavy atom. The van der Waals surface area contributed by atoms with Crippen molar-refractivity contribution in [2.75, 3.05) is 6.54 Å². The molecule has 0 unspecified atom stereocenters. The average Bonchev–Trinajstić information content (AvgIpc) is 2.62. The molecule has 126 valence electrons. The van der Waals surface area contributed by atoms with E-state index in [2.05, 4.69) is 16.1 Å².